The number of nitrogens with one attached hydrogen (secondary N) is 1. The quantitative estimate of drug-likeness (QED) is 0.701. The first-order valence-electron chi connectivity index (χ1n) is 9.22. The van der Waals surface area contributed by atoms with Crippen LogP contribution in [-0.2, 0) is 6.54 Å². The SMILES string of the molecule is Cc1nn(Cc2ccccc2Cl)c(Cl)c1C(=O)NCCN(C(C)C)C(C)C. The summed E-state index contributed by atoms with van der Waals surface area (Å²) in [6, 6.07) is 8.37. The highest BCUT2D eigenvalue weighted by Gasteiger charge is 2.21. The van der Waals surface area contributed by atoms with Crippen LogP contribution in [0.1, 0.15) is 49.3 Å². The Balaban J connectivity index is 2.07. The van der Waals surface area contributed by atoms with Gasteiger partial charge in [-0.1, -0.05) is 41.4 Å². The highest BCUT2D eigenvalue weighted by atomic mass is 35.5. The maximum atomic E-state index is 12.6. The molecule has 2 rings (SSSR count). The molecule has 1 heterocycles. The standard InChI is InChI=1S/C20H28Cl2N4O/c1-13(2)25(14(3)4)11-10-23-20(27)18-15(5)24-26(19(18)22)12-16-8-6-7-9-17(16)21/h6-9,13-14H,10-12H2,1-5H3,(H,23,27). The summed E-state index contributed by atoms with van der Waals surface area (Å²) < 4.78 is 1.61. The van der Waals surface area contributed by atoms with Gasteiger partial charge in [-0.05, 0) is 46.2 Å². The van der Waals surface area contributed by atoms with Crippen molar-refractivity contribution in [2.75, 3.05) is 13.1 Å². The molecule has 0 atom stereocenters. The van der Waals surface area contributed by atoms with Crippen molar-refractivity contribution >= 4 is 29.1 Å². The van der Waals surface area contributed by atoms with Gasteiger partial charge in [-0.15, -0.1) is 0 Å². The van der Waals surface area contributed by atoms with Crippen LogP contribution in [-0.4, -0.2) is 45.8 Å². The van der Waals surface area contributed by atoms with Gasteiger partial charge in [0.1, 0.15) is 5.15 Å². The number of amides is 1. The monoisotopic (exact) mass is 410 g/mol. The Labute approximate surface area is 171 Å². The predicted molar refractivity (Wildman–Crippen MR) is 112 cm³/mol. The first-order valence-corrected chi connectivity index (χ1v) is 9.98. The molecule has 7 heteroatoms. The van der Waals surface area contributed by atoms with Crippen LogP contribution in [0.3, 0.4) is 0 Å². The fourth-order valence-electron chi connectivity index (χ4n) is 3.20. The smallest absolute Gasteiger partial charge is 0.256 e. The Kier molecular flexibility index (Phi) is 7.71. The highest BCUT2D eigenvalue weighted by molar-refractivity contribution is 6.33. The van der Waals surface area contributed by atoms with Crippen LogP contribution < -0.4 is 5.32 Å². The number of hydrogen-bond donors (Lipinski definition) is 1. The summed E-state index contributed by atoms with van der Waals surface area (Å²) in [4.78, 5) is 15.0. The van der Waals surface area contributed by atoms with Crippen molar-refractivity contribution in [1.82, 2.24) is 20.0 Å². The van der Waals surface area contributed by atoms with E-state index in [0.717, 1.165) is 12.1 Å². The average molecular weight is 411 g/mol. The number of carbonyl (C=O) groups excluding carboxylic acids is 1. The molecule has 0 aliphatic carbocycles. The highest BCUT2D eigenvalue weighted by Crippen LogP contribution is 2.23. The van der Waals surface area contributed by atoms with E-state index >= 15 is 0 Å². The van der Waals surface area contributed by atoms with Gasteiger partial charge < -0.3 is 5.32 Å². The number of nitrogens with zero attached hydrogens (tertiary/aromatic N) is 3. The minimum atomic E-state index is -0.199. The first kappa shape index (κ1) is 21.7. The fourth-order valence-corrected chi connectivity index (χ4v) is 3.72. The van der Waals surface area contributed by atoms with E-state index < -0.39 is 0 Å². The van der Waals surface area contributed by atoms with Crippen LogP contribution in [0.25, 0.3) is 0 Å². The van der Waals surface area contributed by atoms with E-state index in [4.69, 9.17) is 23.2 Å². The summed E-state index contributed by atoms with van der Waals surface area (Å²) in [5.41, 5.74) is 1.93. The molecule has 0 saturated carbocycles. The zero-order chi connectivity index (χ0) is 20.1. The number of aryl methyl sites for hydroxylation is 1. The molecule has 0 aliphatic rings. The van der Waals surface area contributed by atoms with Gasteiger partial charge in [0.25, 0.3) is 5.91 Å². The lowest BCUT2D eigenvalue weighted by Gasteiger charge is -2.30. The normalized spacial score (nSPS) is 11.6. The molecule has 0 bridgehead atoms. The van der Waals surface area contributed by atoms with Crippen molar-refractivity contribution in [1.29, 1.82) is 0 Å². The Morgan fingerprint density at radius 2 is 1.81 bits per heavy atom. The molecular weight excluding hydrogens is 383 g/mol. The van der Waals surface area contributed by atoms with Crippen LogP contribution in [0.15, 0.2) is 24.3 Å². The Bertz CT molecular complexity index is 778. The van der Waals surface area contributed by atoms with Gasteiger partial charge in [0.15, 0.2) is 0 Å². The van der Waals surface area contributed by atoms with E-state index in [1.807, 2.05) is 24.3 Å². The third-order valence-corrected chi connectivity index (χ3v) is 5.31. The number of carbonyl (C=O) groups is 1. The van der Waals surface area contributed by atoms with Gasteiger partial charge in [0.2, 0.25) is 0 Å². The molecule has 1 aromatic carbocycles. The van der Waals surface area contributed by atoms with Gasteiger partial charge in [0.05, 0.1) is 17.8 Å². The van der Waals surface area contributed by atoms with Gasteiger partial charge in [-0.2, -0.15) is 5.10 Å². The molecule has 27 heavy (non-hydrogen) atoms. The van der Waals surface area contributed by atoms with Crippen LogP contribution in [0.5, 0.6) is 0 Å². The largest absolute Gasteiger partial charge is 0.351 e. The van der Waals surface area contributed by atoms with Crippen LogP contribution in [0.2, 0.25) is 10.2 Å². The van der Waals surface area contributed by atoms with E-state index in [9.17, 15) is 4.79 Å². The minimum absolute atomic E-state index is 0.199. The van der Waals surface area contributed by atoms with Crippen molar-refractivity contribution in [3.05, 3.63) is 51.3 Å². The molecular formula is C20H28Cl2N4O. The number of rotatable bonds is 8. The molecule has 0 aliphatic heterocycles. The molecule has 148 valence electrons. The van der Waals surface area contributed by atoms with Crippen molar-refractivity contribution in [3.8, 4) is 0 Å². The lowest BCUT2D eigenvalue weighted by Crippen LogP contribution is -2.42. The van der Waals surface area contributed by atoms with Crippen LogP contribution in [0, 0.1) is 6.92 Å². The summed E-state index contributed by atoms with van der Waals surface area (Å²) >= 11 is 12.7. The fraction of sp³-hybridized carbons (Fsp3) is 0.500. The lowest BCUT2D eigenvalue weighted by molar-refractivity contribution is 0.0939. The zero-order valence-electron chi connectivity index (χ0n) is 16.6. The summed E-state index contributed by atoms with van der Waals surface area (Å²) in [7, 11) is 0. The van der Waals surface area contributed by atoms with Crippen LogP contribution in [0.4, 0.5) is 0 Å². The Morgan fingerprint density at radius 3 is 2.41 bits per heavy atom. The van der Waals surface area contributed by atoms with Crippen molar-refractivity contribution in [3.63, 3.8) is 0 Å². The van der Waals surface area contributed by atoms with E-state index in [1.54, 1.807) is 11.6 Å². The third kappa shape index (κ3) is 5.47. The minimum Gasteiger partial charge on any atom is -0.351 e. The van der Waals surface area contributed by atoms with Crippen molar-refractivity contribution in [2.45, 2.75) is 53.2 Å². The molecule has 0 spiro atoms. The van der Waals surface area contributed by atoms with Gasteiger partial charge in [-0.3, -0.25) is 9.69 Å². The first-order chi connectivity index (χ1) is 12.7. The molecule has 1 N–H and O–H groups in total. The third-order valence-electron chi connectivity index (χ3n) is 4.55. The van der Waals surface area contributed by atoms with Gasteiger partial charge in [0, 0.05) is 30.2 Å². The molecule has 1 amide bonds. The topological polar surface area (TPSA) is 50.2 Å². The van der Waals surface area contributed by atoms with Crippen LogP contribution >= 0.6 is 23.2 Å². The molecule has 1 aromatic heterocycles. The summed E-state index contributed by atoms with van der Waals surface area (Å²) in [6.07, 6.45) is 0. The van der Waals surface area contributed by atoms with Crippen molar-refractivity contribution in [2.24, 2.45) is 0 Å². The Hall–Kier alpha value is -1.56. The summed E-state index contributed by atoms with van der Waals surface area (Å²) in [5.74, 6) is -0.199. The second-order valence-corrected chi connectivity index (χ2v) is 7.95. The second-order valence-electron chi connectivity index (χ2n) is 7.18. The zero-order valence-corrected chi connectivity index (χ0v) is 18.1. The molecule has 5 nitrogen and oxygen atoms in total. The molecule has 2 aromatic rings. The maximum absolute atomic E-state index is 12.6. The van der Waals surface area contributed by atoms with Gasteiger partial charge in [-0.25, -0.2) is 4.68 Å². The Morgan fingerprint density at radius 1 is 1.19 bits per heavy atom. The number of hydrogen-bond acceptors (Lipinski definition) is 3. The van der Waals surface area contributed by atoms with E-state index in [2.05, 4.69) is 43.0 Å². The molecule has 0 unspecified atom stereocenters. The number of benzene rings is 1. The predicted octanol–water partition coefficient (Wildman–Crippen LogP) is 4.40. The average Bonchev–Trinajstić information content (AvgIpc) is 2.86. The molecule has 0 saturated heterocycles. The number of halogens is 2. The second kappa shape index (κ2) is 9.58. The molecule has 0 radical (unpaired) electrons. The maximum Gasteiger partial charge on any atom is 0.256 e. The van der Waals surface area contributed by atoms with Crippen molar-refractivity contribution < 1.29 is 4.79 Å². The summed E-state index contributed by atoms with van der Waals surface area (Å²) in [5, 5.41) is 8.36. The number of aromatic nitrogens is 2. The van der Waals surface area contributed by atoms with E-state index in [1.165, 1.54) is 0 Å². The van der Waals surface area contributed by atoms with E-state index in [0.29, 0.717) is 46.6 Å². The molecule has 0 fully saturated rings. The lowest BCUT2D eigenvalue weighted by atomic mass is 10.2. The van der Waals surface area contributed by atoms with Gasteiger partial charge >= 0.3 is 0 Å². The van der Waals surface area contributed by atoms with E-state index in [-0.39, 0.29) is 5.91 Å². The summed E-state index contributed by atoms with van der Waals surface area (Å²) in [6.45, 7) is 12.2.